The second-order valence-corrected chi connectivity index (χ2v) is 4.63. The Morgan fingerprint density at radius 1 is 1.38 bits per heavy atom. The van der Waals surface area contributed by atoms with Crippen molar-refractivity contribution in [2.24, 2.45) is 5.92 Å². The van der Waals surface area contributed by atoms with Crippen LogP contribution in [0.25, 0.3) is 0 Å². The number of hydrogen-bond donors (Lipinski definition) is 0. The van der Waals surface area contributed by atoms with Gasteiger partial charge < -0.3 is 9.22 Å². The van der Waals surface area contributed by atoms with Crippen molar-refractivity contribution in [1.29, 1.82) is 0 Å². The van der Waals surface area contributed by atoms with Gasteiger partial charge in [-0.3, -0.25) is 4.79 Å². The molecule has 3 heteroatoms. The number of ether oxygens (including phenoxy) is 1. The van der Waals surface area contributed by atoms with E-state index in [1.165, 1.54) is 32.9 Å². The number of hydrogen-bond acceptors (Lipinski definition) is 2. The Morgan fingerprint density at radius 2 is 1.92 bits per heavy atom. The van der Waals surface area contributed by atoms with Gasteiger partial charge >= 0.3 is 5.97 Å². The van der Waals surface area contributed by atoms with Gasteiger partial charge in [0.25, 0.3) is 0 Å². The Balaban J connectivity index is 2.21. The van der Waals surface area contributed by atoms with E-state index in [0.717, 1.165) is 4.48 Å². The summed E-state index contributed by atoms with van der Waals surface area (Å²) in [6, 6.07) is 0. The minimum atomic E-state index is -0.153. The molecule has 0 unspecified atom stereocenters. The molecule has 1 aliphatic heterocycles. The van der Waals surface area contributed by atoms with Crippen molar-refractivity contribution in [2.45, 2.75) is 19.8 Å². The van der Waals surface area contributed by atoms with Crippen LogP contribution in [-0.2, 0) is 9.53 Å². The molecule has 0 aromatic carbocycles. The molecule has 0 radical (unpaired) electrons. The third-order valence-electron chi connectivity index (χ3n) is 2.81. The van der Waals surface area contributed by atoms with Crippen LogP contribution in [0.3, 0.4) is 0 Å². The van der Waals surface area contributed by atoms with Gasteiger partial charge in [-0.1, -0.05) is 0 Å². The molecule has 0 aliphatic carbocycles. The van der Waals surface area contributed by atoms with Gasteiger partial charge in [0.15, 0.2) is 0 Å². The lowest BCUT2D eigenvalue weighted by Gasteiger charge is -2.36. The molecule has 0 spiro atoms. The van der Waals surface area contributed by atoms with Crippen molar-refractivity contribution in [3.05, 3.63) is 0 Å². The molecule has 0 saturated carbocycles. The monoisotopic (exact) mass is 186 g/mol. The fourth-order valence-electron chi connectivity index (χ4n) is 1.72. The summed E-state index contributed by atoms with van der Waals surface area (Å²) in [5.74, 6) is 0.439. The number of esters is 1. The average Bonchev–Trinajstić information content (AvgIpc) is 2.02. The van der Waals surface area contributed by atoms with Crippen LogP contribution in [0.5, 0.6) is 0 Å². The third-order valence-corrected chi connectivity index (χ3v) is 2.81. The fourth-order valence-corrected chi connectivity index (χ4v) is 1.72. The van der Waals surface area contributed by atoms with E-state index in [1.807, 2.05) is 0 Å². The Kier molecular flexibility index (Phi) is 3.31. The molecule has 1 saturated heterocycles. The highest BCUT2D eigenvalue weighted by atomic mass is 16.5. The molecule has 13 heavy (non-hydrogen) atoms. The number of nitrogens with zero attached hydrogens (tertiary/aromatic N) is 1. The predicted octanol–water partition coefficient (Wildman–Crippen LogP) is 1.04. The van der Waals surface area contributed by atoms with Gasteiger partial charge in [0, 0.05) is 25.7 Å². The zero-order valence-electron chi connectivity index (χ0n) is 8.88. The van der Waals surface area contributed by atoms with E-state index in [4.69, 9.17) is 4.74 Å². The SMILES string of the molecule is CC(=O)OCC1CC[N+](C)(C)CC1. The van der Waals surface area contributed by atoms with E-state index < -0.39 is 0 Å². The van der Waals surface area contributed by atoms with Gasteiger partial charge in [-0.15, -0.1) is 0 Å². The first-order valence-corrected chi connectivity index (χ1v) is 4.95. The Bertz CT molecular complexity index is 179. The first kappa shape index (κ1) is 10.5. The third kappa shape index (κ3) is 3.77. The number of carbonyl (C=O) groups is 1. The molecule has 0 N–H and O–H groups in total. The largest absolute Gasteiger partial charge is 0.466 e. The highest BCUT2D eigenvalue weighted by Crippen LogP contribution is 2.20. The molecular weight excluding hydrogens is 166 g/mol. The molecule has 1 fully saturated rings. The van der Waals surface area contributed by atoms with Crippen LogP contribution in [0, 0.1) is 5.92 Å². The molecule has 0 aromatic rings. The molecule has 3 nitrogen and oxygen atoms in total. The highest BCUT2D eigenvalue weighted by Gasteiger charge is 2.26. The van der Waals surface area contributed by atoms with Crippen LogP contribution in [0.15, 0.2) is 0 Å². The zero-order valence-corrected chi connectivity index (χ0v) is 8.88. The van der Waals surface area contributed by atoms with E-state index in [2.05, 4.69) is 14.1 Å². The van der Waals surface area contributed by atoms with Crippen LogP contribution in [0.1, 0.15) is 19.8 Å². The van der Waals surface area contributed by atoms with E-state index in [1.54, 1.807) is 0 Å². The summed E-state index contributed by atoms with van der Waals surface area (Å²) >= 11 is 0. The molecule has 0 bridgehead atoms. The standard InChI is InChI=1S/C10H20NO2/c1-9(12)13-8-10-4-6-11(2,3)7-5-10/h10H,4-8H2,1-3H3/q+1. The van der Waals surface area contributed by atoms with Crippen LogP contribution < -0.4 is 0 Å². The molecule has 1 rings (SSSR count). The van der Waals surface area contributed by atoms with Crippen molar-refractivity contribution in [2.75, 3.05) is 33.8 Å². The summed E-state index contributed by atoms with van der Waals surface area (Å²) in [7, 11) is 4.50. The van der Waals surface area contributed by atoms with Crippen molar-refractivity contribution >= 4 is 5.97 Å². The lowest BCUT2D eigenvalue weighted by atomic mass is 9.97. The molecule has 0 atom stereocenters. The second kappa shape index (κ2) is 4.09. The van der Waals surface area contributed by atoms with Crippen molar-refractivity contribution in [3.8, 4) is 0 Å². The van der Waals surface area contributed by atoms with Gasteiger partial charge in [0.1, 0.15) is 0 Å². The van der Waals surface area contributed by atoms with Crippen molar-refractivity contribution < 1.29 is 14.0 Å². The summed E-state index contributed by atoms with van der Waals surface area (Å²) in [4.78, 5) is 10.6. The van der Waals surface area contributed by atoms with Crippen LogP contribution in [-0.4, -0.2) is 44.2 Å². The summed E-state index contributed by atoms with van der Waals surface area (Å²) in [5.41, 5.74) is 0. The molecule has 76 valence electrons. The summed E-state index contributed by atoms with van der Waals surface area (Å²) in [6.07, 6.45) is 2.36. The van der Waals surface area contributed by atoms with Crippen LogP contribution >= 0.6 is 0 Å². The van der Waals surface area contributed by atoms with Crippen LogP contribution in [0.2, 0.25) is 0 Å². The second-order valence-electron chi connectivity index (χ2n) is 4.63. The summed E-state index contributed by atoms with van der Waals surface area (Å²) < 4.78 is 6.11. The molecule has 1 aliphatic rings. The topological polar surface area (TPSA) is 26.3 Å². The molecule has 0 amide bonds. The highest BCUT2D eigenvalue weighted by molar-refractivity contribution is 5.65. The van der Waals surface area contributed by atoms with E-state index >= 15 is 0 Å². The normalized spacial score (nSPS) is 22.7. The van der Waals surface area contributed by atoms with Gasteiger partial charge in [-0.2, -0.15) is 0 Å². The number of quaternary nitrogens is 1. The number of carbonyl (C=O) groups excluding carboxylic acids is 1. The molecular formula is C10H20NO2+. The predicted molar refractivity (Wildman–Crippen MR) is 51.2 cm³/mol. The molecule has 1 heterocycles. The number of rotatable bonds is 2. The average molecular weight is 186 g/mol. The summed E-state index contributed by atoms with van der Waals surface area (Å²) in [6.45, 7) is 4.50. The Hall–Kier alpha value is -0.570. The smallest absolute Gasteiger partial charge is 0.302 e. The minimum absolute atomic E-state index is 0.153. The van der Waals surface area contributed by atoms with Gasteiger partial charge in [-0.05, 0) is 0 Å². The maximum absolute atomic E-state index is 10.6. The van der Waals surface area contributed by atoms with Crippen molar-refractivity contribution in [1.82, 2.24) is 0 Å². The van der Waals surface area contributed by atoms with E-state index in [-0.39, 0.29) is 5.97 Å². The fraction of sp³-hybridized carbons (Fsp3) is 0.900. The Morgan fingerprint density at radius 3 is 2.38 bits per heavy atom. The quantitative estimate of drug-likeness (QED) is 0.476. The number of likely N-dealkylation sites (tertiary alicyclic amines) is 1. The van der Waals surface area contributed by atoms with E-state index in [0.29, 0.717) is 12.5 Å². The van der Waals surface area contributed by atoms with Crippen LogP contribution in [0.4, 0.5) is 0 Å². The first-order valence-electron chi connectivity index (χ1n) is 4.95. The molecule has 0 aromatic heterocycles. The van der Waals surface area contributed by atoms with Gasteiger partial charge in [-0.25, -0.2) is 0 Å². The number of piperidine rings is 1. The van der Waals surface area contributed by atoms with E-state index in [9.17, 15) is 4.79 Å². The maximum atomic E-state index is 10.6. The maximum Gasteiger partial charge on any atom is 0.302 e. The van der Waals surface area contributed by atoms with Crippen molar-refractivity contribution in [3.63, 3.8) is 0 Å². The Labute approximate surface area is 80.3 Å². The van der Waals surface area contributed by atoms with Gasteiger partial charge in [0.2, 0.25) is 0 Å². The lowest BCUT2D eigenvalue weighted by Crippen LogP contribution is -2.46. The minimum Gasteiger partial charge on any atom is -0.466 e. The van der Waals surface area contributed by atoms with Gasteiger partial charge in [0.05, 0.1) is 33.8 Å². The summed E-state index contributed by atoms with van der Waals surface area (Å²) in [5, 5.41) is 0. The first-order chi connectivity index (χ1) is 5.99. The lowest BCUT2D eigenvalue weighted by molar-refractivity contribution is -0.896. The zero-order chi connectivity index (χ0) is 9.90.